The molecular formula is C19H30N2O2S. The average molecular weight is 351 g/mol. The number of benzene rings is 1. The molecule has 1 aromatic heterocycles. The van der Waals surface area contributed by atoms with Gasteiger partial charge in [-0.1, -0.05) is 32.9 Å². The minimum absolute atomic E-state index is 0.0801. The van der Waals surface area contributed by atoms with Crippen LogP contribution in [-0.2, 0) is 21.4 Å². The van der Waals surface area contributed by atoms with E-state index in [4.69, 9.17) is 14.5 Å². The van der Waals surface area contributed by atoms with Crippen LogP contribution in [-0.4, -0.2) is 30.5 Å². The van der Waals surface area contributed by atoms with E-state index in [1.165, 1.54) is 15.3 Å². The van der Waals surface area contributed by atoms with Crippen molar-refractivity contribution in [3.63, 3.8) is 0 Å². The molecule has 0 aliphatic carbocycles. The smallest absolute Gasteiger partial charge is 0.172 e. The molecule has 4 nitrogen and oxygen atoms in total. The molecule has 0 amide bonds. The number of hydrogen-bond donors (Lipinski definition) is 1. The average Bonchev–Trinajstić information content (AvgIpc) is 2.97. The van der Waals surface area contributed by atoms with Gasteiger partial charge in [0.1, 0.15) is 0 Å². The molecule has 1 heterocycles. The lowest BCUT2D eigenvalue weighted by atomic mass is 9.98. The molecule has 0 unspecified atom stereocenters. The summed E-state index contributed by atoms with van der Waals surface area (Å²) < 4.78 is 12.6. The third-order valence-electron chi connectivity index (χ3n) is 3.83. The minimum atomic E-state index is -0.222. The molecule has 1 N–H and O–H groups in total. The highest BCUT2D eigenvalue weighted by molar-refractivity contribution is 7.18. The third kappa shape index (κ3) is 4.76. The van der Waals surface area contributed by atoms with Crippen molar-refractivity contribution in [2.24, 2.45) is 0 Å². The molecular weight excluding hydrogens is 320 g/mol. The molecule has 0 spiro atoms. The first kappa shape index (κ1) is 19.3. The van der Waals surface area contributed by atoms with Crippen LogP contribution in [0.1, 0.15) is 52.1 Å². The Morgan fingerprint density at radius 1 is 1.17 bits per heavy atom. The van der Waals surface area contributed by atoms with Crippen LogP contribution in [0.5, 0.6) is 0 Å². The van der Waals surface area contributed by atoms with E-state index in [1.54, 1.807) is 11.3 Å². The first-order chi connectivity index (χ1) is 11.4. The molecule has 0 fully saturated rings. The molecule has 0 radical (unpaired) electrons. The normalized spacial score (nSPS) is 13.8. The zero-order valence-corrected chi connectivity index (χ0v) is 16.5. The van der Waals surface area contributed by atoms with E-state index >= 15 is 0 Å². The molecule has 5 heteroatoms. The largest absolute Gasteiger partial charge is 0.351 e. The summed E-state index contributed by atoms with van der Waals surface area (Å²) in [6, 6.07) is 6.51. The van der Waals surface area contributed by atoms with Crippen LogP contribution in [0.15, 0.2) is 18.2 Å². The predicted octanol–water partition coefficient (Wildman–Crippen LogP) is 4.47. The van der Waals surface area contributed by atoms with Crippen LogP contribution in [0.4, 0.5) is 0 Å². The Morgan fingerprint density at radius 3 is 2.42 bits per heavy atom. The number of thiazole rings is 1. The van der Waals surface area contributed by atoms with Crippen LogP contribution < -0.4 is 5.32 Å². The fraction of sp³-hybridized carbons (Fsp3) is 0.632. The fourth-order valence-corrected chi connectivity index (χ4v) is 3.57. The highest BCUT2D eigenvalue weighted by atomic mass is 32.1. The second kappa shape index (κ2) is 8.39. The Hall–Kier alpha value is -1.01. The van der Waals surface area contributed by atoms with Crippen molar-refractivity contribution in [1.29, 1.82) is 0 Å². The van der Waals surface area contributed by atoms with Crippen molar-refractivity contribution in [2.45, 2.75) is 65.8 Å². The van der Waals surface area contributed by atoms with E-state index in [0.717, 1.165) is 12.1 Å². The van der Waals surface area contributed by atoms with Gasteiger partial charge in [-0.05, 0) is 32.4 Å². The number of nitrogens with one attached hydrogen (secondary N) is 1. The van der Waals surface area contributed by atoms with Crippen molar-refractivity contribution in [1.82, 2.24) is 10.3 Å². The summed E-state index contributed by atoms with van der Waals surface area (Å²) in [7, 11) is 0. The summed E-state index contributed by atoms with van der Waals surface area (Å²) in [6.45, 7) is 14.7. The van der Waals surface area contributed by atoms with Gasteiger partial charge < -0.3 is 14.8 Å². The predicted molar refractivity (Wildman–Crippen MR) is 102 cm³/mol. The molecule has 0 bridgehead atoms. The highest BCUT2D eigenvalue weighted by Gasteiger charge is 2.21. The molecule has 2 aromatic rings. The number of nitrogens with zero attached hydrogens (tertiary/aromatic N) is 1. The maximum Gasteiger partial charge on any atom is 0.172 e. The molecule has 2 rings (SSSR count). The van der Waals surface area contributed by atoms with Gasteiger partial charge in [0.05, 0.1) is 21.3 Å². The molecule has 0 aliphatic rings. The number of rotatable bonds is 8. The Morgan fingerprint density at radius 2 is 1.83 bits per heavy atom. The summed E-state index contributed by atoms with van der Waals surface area (Å²) >= 11 is 1.79. The third-order valence-corrected chi connectivity index (χ3v) is 5.28. The van der Waals surface area contributed by atoms with Gasteiger partial charge in [0, 0.05) is 25.2 Å². The first-order valence-corrected chi connectivity index (χ1v) is 9.54. The Labute approximate surface area is 149 Å². The molecule has 24 heavy (non-hydrogen) atoms. The number of aromatic nitrogens is 1. The van der Waals surface area contributed by atoms with Gasteiger partial charge in [-0.15, -0.1) is 11.3 Å². The van der Waals surface area contributed by atoms with E-state index in [1.807, 2.05) is 13.8 Å². The van der Waals surface area contributed by atoms with Gasteiger partial charge >= 0.3 is 0 Å². The van der Waals surface area contributed by atoms with Crippen molar-refractivity contribution < 1.29 is 9.47 Å². The zero-order valence-electron chi connectivity index (χ0n) is 15.7. The summed E-state index contributed by atoms with van der Waals surface area (Å²) in [5.74, 6) is 0. The van der Waals surface area contributed by atoms with Gasteiger partial charge in [-0.3, -0.25) is 0 Å². The van der Waals surface area contributed by atoms with Gasteiger partial charge in [0.15, 0.2) is 6.29 Å². The van der Waals surface area contributed by atoms with Gasteiger partial charge in [-0.2, -0.15) is 0 Å². The van der Waals surface area contributed by atoms with Gasteiger partial charge in [0.25, 0.3) is 0 Å². The SMILES string of the molecule is CCOC(OCC)[C@H](C)NCc1cccc2sc(C(C)(C)C)nc12. The number of para-hydroxylation sites is 1. The topological polar surface area (TPSA) is 43.4 Å². The number of ether oxygens (including phenoxy) is 2. The molecule has 0 saturated heterocycles. The summed E-state index contributed by atoms with van der Waals surface area (Å²) in [6.07, 6.45) is -0.222. The number of fused-ring (bicyclic) bond motifs is 1. The van der Waals surface area contributed by atoms with Gasteiger partial charge in [0.2, 0.25) is 0 Å². The lowest BCUT2D eigenvalue weighted by Crippen LogP contribution is -2.40. The maximum atomic E-state index is 5.67. The monoisotopic (exact) mass is 350 g/mol. The van der Waals surface area contributed by atoms with Crippen LogP contribution in [0.3, 0.4) is 0 Å². The van der Waals surface area contributed by atoms with E-state index in [-0.39, 0.29) is 17.7 Å². The lowest BCUT2D eigenvalue weighted by molar-refractivity contribution is -0.151. The summed E-state index contributed by atoms with van der Waals surface area (Å²) in [4.78, 5) is 4.90. The van der Waals surface area contributed by atoms with Crippen LogP contribution in [0, 0.1) is 0 Å². The van der Waals surface area contributed by atoms with E-state index < -0.39 is 0 Å². The number of hydrogen-bond acceptors (Lipinski definition) is 5. The second-order valence-corrected chi connectivity index (χ2v) is 8.01. The molecule has 1 aromatic carbocycles. The minimum Gasteiger partial charge on any atom is -0.351 e. The summed E-state index contributed by atoms with van der Waals surface area (Å²) in [5.41, 5.74) is 2.41. The van der Waals surface area contributed by atoms with Crippen molar-refractivity contribution >= 4 is 21.6 Å². The van der Waals surface area contributed by atoms with E-state index in [0.29, 0.717) is 13.2 Å². The highest BCUT2D eigenvalue weighted by Crippen LogP contribution is 2.32. The zero-order chi connectivity index (χ0) is 17.7. The molecule has 0 aliphatic heterocycles. The van der Waals surface area contributed by atoms with E-state index in [2.05, 4.69) is 51.2 Å². The Kier molecular flexibility index (Phi) is 6.75. The Bertz CT molecular complexity index is 642. The first-order valence-electron chi connectivity index (χ1n) is 8.72. The lowest BCUT2D eigenvalue weighted by Gasteiger charge is -2.24. The fourth-order valence-electron chi connectivity index (χ4n) is 2.50. The van der Waals surface area contributed by atoms with Crippen molar-refractivity contribution in [3.8, 4) is 0 Å². The van der Waals surface area contributed by atoms with Crippen LogP contribution in [0.25, 0.3) is 10.2 Å². The van der Waals surface area contributed by atoms with Crippen LogP contribution >= 0.6 is 11.3 Å². The van der Waals surface area contributed by atoms with E-state index in [9.17, 15) is 0 Å². The van der Waals surface area contributed by atoms with Crippen LogP contribution in [0.2, 0.25) is 0 Å². The quantitative estimate of drug-likeness (QED) is 0.713. The van der Waals surface area contributed by atoms with Crippen molar-refractivity contribution in [3.05, 3.63) is 28.8 Å². The molecule has 0 saturated carbocycles. The standard InChI is InChI=1S/C19H30N2O2S/c1-7-22-17(23-8-2)13(3)20-12-14-10-9-11-15-16(14)21-18(24-15)19(4,5)6/h9-11,13,17,20H,7-8,12H2,1-6H3/t13-/m0/s1. The second-order valence-electron chi connectivity index (χ2n) is 6.98. The van der Waals surface area contributed by atoms with Gasteiger partial charge in [-0.25, -0.2) is 4.98 Å². The maximum absolute atomic E-state index is 5.67. The summed E-state index contributed by atoms with van der Waals surface area (Å²) in [5, 5.41) is 4.70. The molecule has 134 valence electrons. The van der Waals surface area contributed by atoms with Crippen molar-refractivity contribution in [2.75, 3.05) is 13.2 Å². The molecule has 1 atom stereocenters. The Balaban J connectivity index is 2.13.